The molecule has 0 spiro atoms. The van der Waals surface area contributed by atoms with Gasteiger partial charge in [0.2, 0.25) is 16.9 Å². The minimum absolute atomic E-state index is 0.137. The van der Waals surface area contributed by atoms with Crippen LogP contribution in [-0.4, -0.2) is 21.9 Å². The van der Waals surface area contributed by atoms with E-state index in [1.807, 2.05) is 6.07 Å². The lowest BCUT2D eigenvalue weighted by Crippen LogP contribution is -2.14. The molecule has 0 bridgehead atoms. The van der Waals surface area contributed by atoms with Gasteiger partial charge in [-0.05, 0) is 13.8 Å². The predicted octanol–water partition coefficient (Wildman–Crippen LogP) is 1.93. The van der Waals surface area contributed by atoms with Gasteiger partial charge in [-0.15, -0.1) is 10.2 Å². The number of carbonyl (C=O) groups is 1. The largest absolute Gasteiger partial charge is 0.444 e. The van der Waals surface area contributed by atoms with Gasteiger partial charge in [0.1, 0.15) is 17.4 Å². The number of aromatic nitrogens is 2. The molecule has 104 valence electrons. The number of thioether (sulfide) groups is 1. The van der Waals surface area contributed by atoms with E-state index in [4.69, 9.17) is 15.4 Å². The van der Waals surface area contributed by atoms with Crippen LogP contribution in [0.2, 0.25) is 0 Å². The van der Waals surface area contributed by atoms with Crippen LogP contribution in [0.4, 0.5) is 11.0 Å². The Hall–Kier alpha value is -2.05. The maximum absolute atomic E-state index is 11.8. The number of nitrogens with zero attached hydrogens (tertiary/aromatic N) is 3. The number of anilines is 2. The van der Waals surface area contributed by atoms with E-state index >= 15 is 0 Å². The molecule has 0 saturated carbocycles. The number of rotatable bonds is 4. The summed E-state index contributed by atoms with van der Waals surface area (Å²) in [4.78, 5) is 11.8. The van der Waals surface area contributed by atoms with Crippen LogP contribution >= 0.6 is 23.1 Å². The topological polar surface area (TPSA) is 118 Å². The highest BCUT2D eigenvalue weighted by molar-refractivity contribution is 8.01. The lowest BCUT2D eigenvalue weighted by atomic mass is 10.2. The average Bonchev–Trinajstić information content (AvgIpc) is 2.92. The van der Waals surface area contributed by atoms with Crippen LogP contribution in [0.3, 0.4) is 0 Å². The number of furan rings is 1. The molecule has 7 nitrogen and oxygen atoms in total. The van der Waals surface area contributed by atoms with Crippen molar-refractivity contribution in [2.45, 2.75) is 18.2 Å². The quantitative estimate of drug-likeness (QED) is 0.828. The standard InChI is InChI=1S/C11H11N5O2S2/c1-5-6(2)18-9(7(5)3-12)14-8(17)4-19-11-16-15-10(13)20-11/h4H2,1-2H3,(H2,13,15)(H,14,17). The summed E-state index contributed by atoms with van der Waals surface area (Å²) in [5.74, 6) is 0.651. The Bertz CT molecular complexity index is 686. The molecule has 0 aliphatic rings. The van der Waals surface area contributed by atoms with E-state index in [0.717, 1.165) is 5.56 Å². The van der Waals surface area contributed by atoms with Crippen molar-refractivity contribution in [1.82, 2.24) is 10.2 Å². The third-order valence-electron chi connectivity index (χ3n) is 2.50. The van der Waals surface area contributed by atoms with Gasteiger partial charge in [0.15, 0.2) is 4.34 Å². The summed E-state index contributed by atoms with van der Waals surface area (Å²) in [6.07, 6.45) is 0. The van der Waals surface area contributed by atoms with Gasteiger partial charge in [0.25, 0.3) is 0 Å². The van der Waals surface area contributed by atoms with E-state index in [9.17, 15) is 4.79 Å². The summed E-state index contributed by atoms with van der Waals surface area (Å²) in [7, 11) is 0. The van der Waals surface area contributed by atoms with Gasteiger partial charge in [-0.2, -0.15) is 5.26 Å². The smallest absolute Gasteiger partial charge is 0.237 e. The first kappa shape index (κ1) is 14.4. The number of aryl methyl sites for hydroxylation is 1. The number of hydrogen-bond donors (Lipinski definition) is 2. The Balaban J connectivity index is 1.98. The number of amides is 1. The van der Waals surface area contributed by atoms with Crippen molar-refractivity contribution in [3.63, 3.8) is 0 Å². The van der Waals surface area contributed by atoms with Crippen LogP contribution in [-0.2, 0) is 4.79 Å². The Kier molecular flexibility index (Phi) is 4.26. The minimum atomic E-state index is -0.283. The summed E-state index contributed by atoms with van der Waals surface area (Å²) < 4.78 is 5.97. The second-order valence-corrected chi connectivity index (χ2v) is 6.07. The third kappa shape index (κ3) is 3.09. The van der Waals surface area contributed by atoms with Crippen molar-refractivity contribution in [3.05, 3.63) is 16.9 Å². The van der Waals surface area contributed by atoms with Gasteiger partial charge >= 0.3 is 0 Å². The van der Waals surface area contributed by atoms with Crippen molar-refractivity contribution in [2.75, 3.05) is 16.8 Å². The molecule has 20 heavy (non-hydrogen) atoms. The second kappa shape index (κ2) is 5.94. The Morgan fingerprint density at radius 3 is 2.90 bits per heavy atom. The summed E-state index contributed by atoms with van der Waals surface area (Å²) in [6, 6.07) is 2.02. The fourth-order valence-corrected chi connectivity index (χ4v) is 2.85. The Morgan fingerprint density at radius 1 is 1.55 bits per heavy atom. The normalized spacial score (nSPS) is 10.2. The minimum Gasteiger partial charge on any atom is -0.444 e. The molecular formula is C11H11N5O2S2. The van der Waals surface area contributed by atoms with E-state index in [-0.39, 0.29) is 17.5 Å². The number of nitrogens with two attached hydrogens (primary N) is 1. The molecule has 1 amide bonds. The van der Waals surface area contributed by atoms with Crippen molar-refractivity contribution < 1.29 is 9.21 Å². The SMILES string of the molecule is Cc1oc(NC(=O)CSc2nnc(N)s2)c(C#N)c1C. The molecule has 0 aliphatic heterocycles. The first-order valence-electron chi connectivity index (χ1n) is 5.53. The lowest BCUT2D eigenvalue weighted by molar-refractivity contribution is -0.113. The molecule has 0 unspecified atom stereocenters. The van der Waals surface area contributed by atoms with E-state index in [0.29, 0.717) is 20.8 Å². The van der Waals surface area contributed by atoms with Crippen molar-refractivity contribution in [2.24, 2.45) is 0 Å². The zero-order valence-corrected chi connectivity index (χ0v) is 12.4. The molecule has 3 N–H and O–H groups in total. The van der Waals surface area contributed by atoms with E-state index < -0.39 is 0 Å². The molecule has 2 aromatic rings. The van der Waals surface area contributed by atoms with Gasteiger partial charge in [-0.1, -0.05) is 23.1 Å². The molecule has 0 atom stereocenters. The fourth-order valence-electron chi connectivity index (χ4n) is 1.42. The number of nitriles is 1. The Labute approximate surface area is 123 Å². The van der Waals surface area contributed by atoms with Crippen LogP contribution in [0, 0.1) is 25.2 Å². The molecule has 2 rings (SSSR count). The molecule has 0 saturated heterocycles. The highest BCUT2D eigenvalue weighted by Crippen LogP contribution is 2.27. The maximum Gasteiger partial charge on any atom is 0.237 e. The third-order valence-corrected chi connectivity index (χ3v) is 4.38. The van der Waals surface area contributed by atoms with Gasteiger partial charge in [-0.3, -0.25) is 10.1 Å². The molecule has 0 fully saturated rings. The Morgan fingerprint density at radius 2 is 2.30 bits per heavy atom. The van der Waals surface area contributed by atoms with Gasteiger partial charge in [-0.25, -0.2) is 0 Å². The van der Waals surface area contributed by atoms with Crippen LogP contribution in [0.1, 0.15) is 16.9 Å². The van der Waals surface area contributed by atoms with Gasteiger partial charge < -0.3 is 10.2 Å². The summed E-state index contributed by atoms with van der Waals surface area (Å²) in [6.45, 7) is 3.51. The number of carbonyl (C=O) groups excluding carboxylic acids is 1. The first-order chi connectivity index (χ1) is 9.51. The molecule has 0 aliphatic carbocycles. The summed E-state index contributed by atoms with van der Waals surface area (Å²) in [5.41, 5.74) is 6.52. The van der Waals surface area contributed by atoms with E-state index in [1.54, 1.807) is 13.8 Å². The van der Waals surface area contributed by atoms with Gasteiger partial charge in [0.05, 0.1) is 5.75 Å². The van der Waals surface area contributed by atoms with E-state index in [2.05, 4.69) is 15.5 Å². The van der Waals surface area contributed by atoms with Crippen LogP contribution < -0.4 is 11.1 Å². The summed E-state index contributed by atoms with van der Waals surface area (Å²) >= 11 is 2.43. The molecule has 0 radical (unpaired) electrons. The molecule has 2 aromatic heterocycles. The molecule has 9 heteroatoms. The predicted molar refractivity (Wildman–Crippen MR) is 76.6 cm³/mol. The second-order valence-electron chi connectivity index (χ2n) is 3.84. The average molecular weight is 309 g/mol. The van der Waals surface area contributed by atoms with Gasteiger partial charge in [0, 0.05) is 5.56 Å². The van der Waals surface area contributed by atoms with Crippen LogP contribution in [0.15, 0.2) is 8.76 Å². The fraction of sp³-hybridized carbons (Fsp3) is 0.273. The first-order valence-corrected chi connectivity index (χ1v) is 7.33. The number of hydrogen-bond acceptors (Lipinski definition) is 8. The highest BCUT2D eigenvalue weighted by Gasteiger charge is 2.17. The van der Waals surface area contributed by atoms with Crippen LogP contribution in [0.25, 0.3) is 0 Å². The number of nitrogen functional groups attached to an aromatic ring is 1. The molecule has 0 aromatic carbocycles. The lowest BCUT2D eigenvalue weighted by Gasteiger charge is -2.00. The highest BCUT2D eigenvalue weighted by atomic mass is 32.2. The molecular weight excluding hydrogens is 298 g/mol. The maximum atomic E-state index is 11.8. The zero-order chi connectivity index (χ0) is 14.7. The van der Waals surface area contributed by atoms with Crippen LogP contribution in [0.5, 0.6) is 0 Å². The summed E-state index contributed by atoms with van der Waals surface area (Å²) in [5, 5.41) is 19.4. The van der Waals surface area contributed by atoms with E-state index in [1.165, 1.54) is 23.1 Å². The van der Waals surface area contributed by atoms with Crippen molar-refractivity contribution >= 4 is 40.0 Å². The number of nitrogens with one attached hydrogen (secondary N) is 1. The zero-order valence-electron chi connectivity index (χ0n) is 10.8. The monoisotopic (exact) mass is 309 g/mol. The molecule has 2 heterocycles. The van der Waals surface area contributed by atoms with Crippen molar-refractivity contribution in [1.29, 1.82) is 5.26 Å². The van der Waals surface area contributed by atoms with Crippen molar-refractivity contribution in [3.8, 4) is 6.07 Å².